The SMILES string of the molecule is NCc1c(-c2ccccn2)nc2cccc(Br)n12. The second-order valence-corrected chi connectivity index (χ2v) is 4.68. The fraction of sp³-hybridized carbons (Fsp3) is 0.0769. The lowest BCUT2D eigenvalue weighted by molar-refractivity contribution is 0.946. The number of nitrogens with two attached hydrogens (primary N) is 1. The van der Waals surface area contributed by atoms with Gasteiger partial charge in [0, 0.05) is 12.7 Å². The smallest absolute Gasteiger partial charge is 0.138 e. The number of nitrogens with zero attached hydrogens (tertiary/aromatic N) is 3. The monoisotopic (exact) mass is 302 g/mol. The number of rotatable bonds is 2. The van der Waals surface area contributed by atoms with Gasteiger partial charge in [0.05, 0.1) is 16.0 Å². The van der Waals surface area contributed by atoms with E-state index in [9.17, 15) is 0 Å². The van der Waals surface area contributed by atoms with E-state index in [0.717, 1.165) is 27.3 Å². The molecule has 0 aromatic carbocycles. The lowest BCUT2D eigenvalue weighted by atomic mass is 10.2. The average molecular weight is 303 g/mol. The molecule has 0 saturated heterocycles. The molecule has 90 valence electrons. The van der Waals surface area contributed by atoms with Crippen molar-refractivity contribution in [3.05, 3.63) is 52.9 Å². The van der Waals surface area contributed by atoms with Gasteiger partial charge in [-0.25, -0.2) is 4.98 Å². The summed E-state index contributed by atoms with van der Waals surface area (Å²) < 4.78 is 2.94. The summed E-state index contributed by atoms with van der Waals surface area (Å²) in [5.41, 5.74) is 9.36. The van der Waals surface area contributed by atoms with E-state index in [0.29, 0.717) is 6.54 Å². The molecule has 4 nitrogen and oxygen atoms in total. The molecule has 3 aromatic heterocycles. The Morgan fingerprint density at radius 1 is 1.17 bits per heavy atom. The van der Waals surface area contributed by atoms with Crippen LogP contribution in [-0.4, -0.2) is 14.4 Å². The number of aromatic nitrogens is 3. The van der Waals surface area contributed by atoms with Crippen LogP contribution in [0.25, 0.3) is 17.0 Å². The fourth-order valence-electron chi connectivity index (χ4n) is 2.01. The molecule has 3 aromatic rings. The molecule has 3 heterocycles. The molecule has 3 rings (SSSR count). The number of imidazole rings is 1. The third kappa shape index (κ3) is 1.72. The van der Waals surface area contributed by atoms with Crippen molar-refractivity contribution in [1.29, 1.82) is 0 Å². The van der Waals surface area contributed by atoms with Gasteiger partial charge in [-0.1, -0.05) is 12.1 Å². The Bertz CT molecular complexity index is 691. The van der Waals surface area contributed by atoms with Gasteiger partial charge < -0.3 is 5.73 Å². The quantitative estimate of drug-likeness (QED) is 0.740. The van der Waals surface area contributed by atoms with E-state index in [-0.39, 0.29) is 0 Å². The van der Waals surface area contributed by atoms with Crippen LogP contribution in [0.1, 0.15) is 5.69 Å². The molecule has 0 radical (unpaired) electrons. The van der Waals surface area contributed by atoms with Crippen LogP contribution in [0, 0.1) is 0 Å². The first-order chi connectivity index (χ1) is 8.81. The van der Waals surface area contributed by atoms with Gasteiger partial charge in [0.1, 0.15) is 11.3 Å². The maximum absolute atomic E-state index is 5.86. The number of halogens is 1. The molecule has 0 atom stereocenters. The van der Waals surface area contributed by atoms with Crippen LogP contribution in [-0.2, 0) is 6.54 Å². The molecule has 0 saturated carbocycles. The van der Waals surface area contributed by atoms with Crippen molar-refractivity contribution in [3.63, 3.8) is 0 Å². The van der Waals surface area contributed by atoms with Crippen molar-refractivity contribution in [2.75, 3.05) is 0 Å². The summed E-state index contributed by atoms with van der Waals surface area (Å²) in [5, 5.41) is 0. The lowest BCUT2D eigenvalue weighted by Gasteiger charge is -2.03. The summed E-state index contributed by atoms with van der Waals surface area (Å²) >= 11 is 3.52. The first-order valence-corrected chi connectivity index (χ1v) is 6.38. The zero-order chi connectivity index (χ0) is 12.5. The van der Waals surface area contributed by atoms with Gasteiger partial charge in [-0.2, -0.15) is 0 Å². The van der Waals surface area contributed by atoms with E-state index in [2.05, 4.69) is 25.9 Å². The van der Waals surface area contributed by atoms with Crippen LogP contribution < -0.4 is 5.73 Å². The van der Waals surface area contributed by atoms with Gasteiger partial charge in [0.2, 0.25) is 0 Å². The second kappa shape index (κ2) is 4.51. The number of hydrogen-bond acceptors (Lipinski definition) is 3. The van der Waals surface area contributed by atoms with Gasteiger partial charge in [-0.3, -0.25) is 9.38 Å². The first-order valence-electron chi connectivity index (χ1n) is 5.58. The predicted molar refractivity (Wildman–Crippen MR) is 74.0 cm³/mol. The Kier molecular flexibility index (Phi) is 2.85. The highest BCUT2D eigenvalue weighted by Crippen LogP contribution is 2.25. The van der Waals surface area contributed by atoms with Crippen LogP contribution in [0.5, 0.6) is 0 Å². The molecule has 0 fully saturated rings. The highest BCUT2D eigenvalue weighted by molar-refractivity contribution is 9.10. The zero-order valence-corrected chi connectivity index (χ0v) is 11.1. The number of fused-ring (bicyclic) bond motifs is 1. The van der Waals surface area contributed by atoms with E-state index < -0.39 is 0 Å². The first kappa shape index (κ1) is 11.4. The molecule has 0 spiro atoms. The summed E-state index contributed by atoms with van der Waals surface area (Å²) in [6, 6.07) is 11.6. The highest BCUT2D eigenvalue weighted by atomic mass is 79.9. The molecule has 0 aliphatic heterocycles. The second-order valence-electron chi connectivity index (χ2n) is 3.87. The summed E-state index contributed by atoms with van der Waals surface area (Å²) in [6.45, 7) is 0.412. The molecule has 0 amide bonds. The Morgan fingerprint density at radius 2 is 2.06 bits per heavy atom. The van der Waals surface area contributed by atoms with E-state index in [1.165, 1.54) is 0 Å². The standard InChI is InChI=1S/C13H11BrN4/c14-11-5-3-6-12-17-13(10(8-15)18(11)12)9-4-1-2-7-16-9/h1-7H,8,15H2. The fourth-order valence-corrected chi connectivity index (χ4v) is 2.56. The molecular weight excluding hydrogens is 292 g/mol. The van der Waals surface area contributed by atoms with Crippen molar-refractivity contribution >= 4 is 21.6 Å². The molecule has 0 unspecified atom stereocenters. The van der Waals surface area contributed by atoms with Gasteiger partial charge >= 0.3 is 0 Å². The largest absolute Gasteiger partial charge is 0.325 e. The Morgan fingerprint density at radius 3 is 2.78 bits per heavy atom. The highest BCUT2D eigenvalue weighted by Gasteiger charge is 2.14. The van der Waals surface area contributed by atoms with Crippen LogP contribution in [0.15, 0.2) is 47.2 Å². The average Bonchev–Trinajstić information content (AvgIpc) is 2.79. The van der Waals surface area contributed by atoms with Crippen molar-refractivity contribution in [3.8, 4) is 11.4 Å². The zero-order valence-electron chi connectivity index (χ0n) is 9.55. The van der Waals surface area contributed by atoms with E-state index >= 15 is 0 Å². The predicted octanol–water partition coefficient (Wildman–Crippen LogP) is 2.62. The van der Waals surface area contributed by atoms with Gasteiger partial charge in [-0.05, 0) is 40.2 Å². The van der Waals surface area contributed by atoms with Crippen LogP contribution >= 0.6 is 15.9 Å². The Balaban J connectivity index is 2.34. The van der Waals surface area contributed by atoms with E-state index in [1.807, 2.05) is 40.8 Å². The summed E-state index contributed by atoms with van der Waals surface area (Å²) in [6.07, 6.45) is 1.76. The minimum atomic E-state index is 0.412. The normalized spacial score (nSPS) is 11.0. The third-order valence-electron chi connectivity index (χ3n) is 2.79. The van der Waals surface area contributed by atoms with Crippen molar-refractivity contribution in [2.45, 2.75) is 6.54 Å². The maximum Gasteiger partial charge on any atom is 0.138 e. The Labute approximate surface area is 113 Å². The van der Waals surface area contributed by atoms with Gasteiger partial charge in [0.25, 0.3) is 0 Å². The topological polar surface area (TPSA) is 56.2 Å². The van der Waals surface area contributed by atoms with Crippen LogP contribution in [0.2, 0.25) is 0 Å². The van der Waals surface area contributed by atoms with Crippen molar-refractivity contribution < 1.29 is 0 Å². The van der Waals surface area contributed by atoms with E-state index in [4.69, 9.17) is 5.73 Å². The molecule has 0 aliphatic rings. The third-order valence-corrected chi connectivity index (χ3v) is 3.41. The molecule has 0 aliphatic carbocycles. The summed E-state index contributed by atoms with van der Waals surface area (Å²) in [4.78, 5) is 8.94. The Hall–Kier alpha value is -1.72. The van der Waals surface area contributed by atoms with Gasteiger partial charge in [-0.15, -0.1) is 0 Å². The maximum atomic E-state index is 5.86. The molecule has 5 heteroatoms. The minimum Gasteiger partial charge on any atom is -0.325 e. The summed E-state index contributed by atoms with van der Waals surface area (Å²) in [5.74, 6) is 0. The summed E-state index contributed by atoms with van der Waals surface area (Å²) in [7, 11) is 0. The molecule has 18 heavy (non-hydrogen) atoms. The van der Waals surface area contributed by atoms with Crippen LogP contribution in [0.4, 0.5) is 0 Å². The lowest BCUT2D eigenvalue weighted by Crippen LogP contribution is -2.03. The van der Waals surface area contributed by atoms with Crippen LogP contribution in [0.3, 0.4) is 0 Å². The molecule has 2 N–H and O–H groups in total. The van der Waals surface area contributed by atoms with Crippen molar-refractivity contribution in [2.24, 2.45) is 5.73 Å². The molecular formula is C13H11BrN4. The number of hydrogen-bond donors (Lipinski definition) is 1. The molecule has 0 bridgehead atoms. The van der Waals surface area contributed by atoms with E-state index in [1.54, 1.807) is 6.20 Å². The van der Waals surface area contributed by atoms with Gasteiger partial charge in [0.15, 0.2) is 0 Å². The number of pyridine rings is 2. The minimum absolute atomic E-state index is 0.412. The van der Waals surface area contributed by atoms with Crippen molar-refractivity contribution in [1.82, 2.24) is 14.4 Å².